The monoisotopic (exact) mass is 431 g/mol. The van der Waals surface area contributed by atoms with Gasteiger partial charge in [0.2, 0.25) is 5.90 Å². The molecule has 0 radical (unpaired) electrons. The van der Waals surface area contributed by atoms with Gasteiger partial charge < -0.3 is 14.2 Å². The molecule has 0 spiro atoms. The Balaban J connectivity index is 1.57. The van der Waals surface area contributed by atoms with Crippen molar-refractivity contribution in [2.24, 2.45) is 4.99 Å². The number of hydrogen-bond donors (Lipinski definition) is 0. The zero-order chi connectivity index (χ0) is 22.5. The lowest BCUT2D eigenvalue weighted by Gasteiger charge is -2.13. The smallest absolute Gasteiger partial charge is 0.363 e. The zero-order valence-electron chi connectivity index (χ0n) is 17.8. The third-order valence-corrected chi connectivity index (χ3v) is 4.91. The van der Waals surface area contributed by atoms with Gasteiger partial charge in [0.25, 0.3) is 0 Å². The van der Waals surface area contributed by atoms with Crippen molar-refractivity contribution in [1.82, 2.24) is 0 Å². The van der Waals surface area contributed by atoms with Crippen LogP contribution >= 0.6 is 0 Å². The fourth-order valence-electron chi connectivity index (χ4n) is 3.24. The Hall–Kier alpha value is -3.93. The van der Waals surface area contributed by atoms with Gasteiger partial charge in [-0.3, -0.25) is 0 Å². The van der Waals surface area contributed by atoms with Crippen LogP contribution in [0.3, 0.4) is 0 Å². The SMILES string of the molecule is CCOc1cc(/C=C2\N=C(c3cccc(F)c3)OC2=O)ccc1OCc1ccccc1C. The van der Waals surface area contributed by atoms with Crippen molar-refractivity contribution >= 4 is 17.9 Å². The minimum atomic E-state index is -0.595. The van der Waals surface area contributed by atoms with Crippen LogP contribution in [0.25, 0.3) is 6.08 Å². The topological polar surface area (TPSA) is 57.1 Å². The van der Waals surface area contributed by atoms with Crippen molar-refractivity contribution in [1.29, 1.82) is 0 Å². The summed E-state index contributed by atoms with van der Waals surface area (Å²) in [5.41, 5.74) is 3.47. The second-order valence-electron chi connectivity index (χ2n) is 7.20. The Bertz CT molecular complexity index is 1220. The summed E-state index contributed by atoms with van der Waals surface area (Å²) in [4.78, 5) is 16.5. The largest absolute Gasteiger partial charge is 0.490 e. The van der Waals surface area contributed by atoms with Gasteiger partial charge in [-0.15, -0.1) is 0 Å². The molecule has 0 saturated carbocycles. The number of ether oxygens (including phenoxy) is 3. The van der Waals surface area contributed by atoms with Gasteiger partial charge in [0.1, 0.15) is 12.4 Å². The van der Waals surface area contributed by atoms with Crippen molar-refractivity contribution in [3.8, 4) is 11.5 Å². The molecule has 0 amide bonds. The molecule has 32 heavy (non-hydrogen) atoms. The van der Waals surface area contributed by atoms with E-state index in [2.05, 4.69) is 4.99 Å². The van der Waals surface area contributed by atoms with E-state index < -0.39 is 11.8 Å². The number of esters is 1. The molecule has 1 aliphatic rings. The van der Waals surface area contributed by atoms with Gasteiger partial charge in [-0.05, 0) is 66.9 Å². The van der Waals surface area contributed by atoms with Gasteiger partial charge in [-0.2, -0.15) is 0 Å². The fourth-order valence-corrected chi connectivity index (χ4v) is 3.24. The van der Waals surface area contributed by atoms with Crippen molar-refractivity contribution in [2.75, 3.05) is 6.61 Å². The van der Waals surface area contributed by atoms with Crippen LogP contribution in [0.4, 0.5) is 4.39 Å². The number of aryl methyl sites for hydroxylation is 1. The first-order chi connectivity index (χ1) is 15.5. The Labute approximate surface area is 185 Å². The molecule has 0 N–H and O–H groups in total. The summed E-state index contributed by atoms with van der Waals surface area (Å²) in [6, 6.07) is 19.2. The minimum Gasteiger partial charge on any atom is -0.490 e. The van der Waals surface area contributed by atoms with Crippen LogP contribution in [0.15, 0.2) is 77.4 Å². The van der Waals surface area contributed by atoms with Crippen LogP contribution in [-0.2, 0) is 16.1 Å². The summed E-state index contributed by atoms with van der Waals surface area (Å²) in [7, 11) is 0. The summed E-state index contributed by atoms with van der Waals surface area (Å²) in [6.07, 6.45) is 1.60. The molecule has 5 nitrogen and oxygen atoms in total. The molecule has 0 bridgehead atoms. The normalized spacial score (nSPS) is 14.3. The molecular formula is C26H22FNO4. The second kappa shape index (κ2) is 9.47. The van der Waals surface area contributed by atoms with Gasteiger partial charge in [0, 0.05) is 5.56 Å². The number of benzene rings is 3. The van der Waals surface area contributed by atoms with Crippen molar-refractivity contribution in [3.05, 3.63) is 100 Å². The van der Waals surface area contributed by atoms with E-state index in [1.165, 1.54) is 18.2 Å². The number of hydrogen-bond acceptors (Lipinski definition) is 5. The molecule has 3 aromatic carbocycles. The third kappa shape index (κ3) is 4.86. The molecule has 0 unspecified atom stereocenters. The average molecular weight is 431 g/mol. The lowest BCUT2D eigenvalue weighted by molar-refractivity contribution is -0.129. The molecule has 0 atom stereocenters. The van der Waals surface area contributed by atoms with Crippen LogP contribution in [-0.4, -0.2) is 18.5 Å². The molecule has 0 saturated heterocycles. The number of cyclic esters (lactones) is 1. The molecule has 4 rings (SSSR count). The molecule has 0 aliphatic carbocycles. The summed E-state index contributed by atoms with van der Waals surface area (Å²) < 4.78 is 30.4. The fraction of sp³-hybridized carbons (Fsp3) is 0.154. The second-order valence-corrected chi connectivity index (χ2v) is 7.20. The molecule has 0 aromatic heterocycles. The quantitative estimate of drug-likeness (QED) is 0.368. The van der Waals surface area contributed by atoms with Crippen LogP contribution in [0.5, 0.6) is 11.5 Å². The van der Waals surface area contributed by atoms with E-state index in [9.17, 15) is 9.18 Å². The van der Waals surface area contributed by atoms with Gasteiger partial charge >= 0.3 is 5.97 Å². The predicted molar refractivity (Wildman–Crippen MR) is 120 cm³/mol. The summed E-state index contributed by atoms with van der Waals surface area (Å²) >= 11 is 0. The number of rotatable bonds is 7. The Kier molecular flexibility index (Phi) is 6.31. The Morgan fingerprint density at radius 3 is 2.62 bits per heavy atom. The number of carbonyl (C=O) groups is 1. The van der Waals surface area contributed by atoms with E-state index in [4.69, 9.17) is 14.2 Å². The van der Waals surface area contributed by atoms with Crippen LogP contribution in [0, 0.1) is 12.7 Å². The maximum absolute atomic E-state index is 13.5. The lowest BCUT2D eigenvalue weighted by atomic mass is 10.1. The maximum Gasteiger partial charge on any atom is 0.363 e. The average Bonchev–Trinajstić information content (AvgIpc) is 3.15. The van der Waals surface area contributed by atoms with Gasteiger partial charge in [-0.25, -0.2) is 14.2 Å². The van der Waals surface area contributed by atoms with Crippen LogP contribution in [0.2, 0.25) is 0 Å². The van der Waals surface area contributed by atoms with Crippen molar-refractivity contribution in [3.63, 3.8) is 0 Å². The molecule has 6 heteroatoms. The Morgan fingerprint density at radius 1 is 1.00 bits per heavy atom. The van der Waals surface area contributed by atoms with E-state index in [1.807, 2.05) is 44.2 Å². The van der Waals surface area contributed by atoms with Gasteiger partial charge in [0.15, 0.2) is 17.2 Å². The van der Waals surface area contributed by atoms with E-state index in [-0.39, 0.29) is 11.6 Å². The van der Waals surface area contributed by atoms with E-state index in [0.29, 0.717) is 35.8 Å². The van der Waals surface area contributed by atoms with Gasteiger partial charge in [0.05, 0.1) is 6.61 Å². The van der Waals surface area contributed by atoms with Crippen molar-refractivity contribution < 1.29 is 23.4 Å². The Morgan fingerprint density at radius 2 is 1.84 bits per heavy atom. The summed E-state index contributed by atoms with van der Waals surface area (Å²) in [5, 5.41) is 0. The molecular weight excluding hydrogens is 409 g/mol. The molecule has 162 valence electrons. The van der Waals surface area contributed by atoms with Crippen LogP contribution in [0.1, 0.15) is 29.2 Å². The summed E-state index contributed by atoms with van der Waals surface area (Å²) in [6.45, 7) is 4.81. The number of aliphatic imine (C=N–C) groups is 1. The van der Waals surface area contributed by atoms with E-state index in [1.54, 1.807) is 24.3 Å². The highest BCUT2D eigenvalue weighted by Crippen LogP contribution is 2.31. The highest BCUT2D eigenvalue weighted by atomic mass is 19.1. The van der Waals surface area contributed by atoms with E-state index >= 15 is 0 Å². The lowest BCUT2D eigenvalue weighted by Crippen LogP contribution is -2.05. The zero-order valence-corrected chi connectivity index (χ0v) is 17.8. The van der Waals surface area contributed by atoms with Crippen molar-refractivity contribution in [2.45, 2.75) is 20.5 Å². The number of halogens is 1. The first kappa shape index (κ1) is 21.3. The summed E-state index contributed by atoms with van der Waals surface area (Å²) in [5.74, 6) is 0.221. The van der Waals surface area contributed by atoms with E-state index in [0.717, 1.165) is 11.1 Å². The standard InChI is InChI=1S/C26H22FNO4/c1-3-30-24-14-18(11-12-23(24)31-16-20-8-5-4-7-17(20)2)13-22-26(29)32-25(28-22)19-9-6-10-21(27)15-19/h4-15H,3,16H2,1-2H3/b22-13-. The third-order valence-electron chi connectivity index (χ3n) is 4.91. The molecule has 1 heterocycles. The number of nitrogens with zero attached hydrogens (tertiary/aromatic N) is 1. The minimum absolute atomic E-state index is 0.0731. The predicted octanol–water partition coefficient (Wildman–Crippen LogP) is 5.46. The highest BCUT2D eigenvalue weighted by molar-refractivity contribution is 6.12. The highest BCUT2D eigenvalue weighted by Gasteiger charge is 2.24. The first-order valence-corrected chi connectivity index (χ1v) is 10.3. The van der Waals surface area contributed by atoms with Gasteiger partial charge in [-0.1, -0.05) is 36.4 Å². The number of carbonyl (C=O) groups excluding carboxylic acids is 1. The molecule has 0 fully saturated rings. The molecule has 3 aromatic rings. The maximum atomic E-state index is 13.5. The van der Waals surface area contributed by atoms with Crippen LogP contribution < -0.4 is 9.47 Å². The molecule has 1 aliphatic heterocycles. The first-order valence-electron chi connectivity index (χ1n) is 10.3.